The Morgan fingerprint density at radius 3 is 2.14 bits per heavy atom. The van der Waals surface area contributed by atoms with Crippen LogP contribution in [0.1, 0.15) is 26.3 Å². The van der Waals surface area contributed by atoms with Crippen molar-refractivity contribution in [3.63, 3.8) is 0 Å². The maximum Gasteiger partial charge on any atom is 0.336 e. The van der Waals surface area contributed by atoms with E-state index in [2.05, 4.69) is 0 Å². The highest BCUT2D eigenvalue weighted by Gasteiger charge is 2.20. The normalized spacial score (nSPS) is 10.0. The van der Waals surface area contributed by atoms with Gasteiger partial charge in [-0.1, -0.05) is 18.2 Å². The van der Waals surface area contributed by atoms with Crippen LogP contribution in [-0.4, -0.2) is 31.1 Å². The Morgan fingerprint density at radius 2 is 1.57 bits per heavy atom. The Labute approximate surface area is 121 Å². The van der Waals surface area contributed by atoms with Crippen molar-refractivity contribution in [2.75, 3.05) is 14.2 Å². The SMILES string of the molecule is COc1ccc(C(=O)c2ccccc2C(=O)O)c(OC)c1. The van der Waals surface area contributed by atoms with Crippen molar-refractivity contribution in [1.82, 2.24) is 0 Å². The zero-order valence-corrected chi connectivity index (χ0v) is 11.6. The summed E-state index contributed by atoms with van der Waals surface area (Å²) in [5.41, 5.74) is 0.362. The first-order chi connectivity index (χ1) is 10.1. The minimum atomic E-state index is -1.15. The molecule has 108 valence electrons. The van der Waals surface area contributed by atoms with Crippen LogP contribution in [0.3, 0.4) is 0 Å². The van der Waals surface area contributed by atoms with E-state index in [1.165, 1.54) is 26.4 Å². The van der Waals surface area contributed by atoms with Gasteiger partial charge in [0.05, 0.1) is 25.3 Å². The van der Waals surface area contributed by atoms with Gasteiger partial charge in [0.1, 0.15) is 11.5 Å². The second-order valence-corrected chi connectivity index (χ2v) is 4.25. The molecule has 0 fully saturated rings. The van der Waals surface area contributed by atoms with Crippen LogP contribution in [0.4, 0.5) is 0 Å². The van der Waals surface area contributed by atoms with Gasteiger partial charge in [-0.15, -0.1) is 0 Å². The minimum Gasteiger partial charge on any atom is -0.497 e. The third-order valence-corrected chi connectivity index (χ3v) is 3.06. The first-order valence-corrected chi connectivity index (χ1v) is 6.17. The van der Waals surface area contributed by atoms with E-state index < -0.39 is 11.8 Å². The minimum absolute atomic E-state index is 0.0413. The van der Waals surface area contributed by atoms with E-state index in [4.69, 9.17) is 14.6 Å². The van der Waals surface area contributed by atoms with Gasteiger partial charge in [-0.05, 0) is 18.2 Å². The molecule has 1 N–H and O–H groups in total. The van der Waals surface area contributed by atoms with Gasteiger partial charge in [-0.25, -0.2) is 4.79 Å². The van der Waals surface area contributed by atoms with E-state index in [-0.39, 0.29) is 16.7 Å². The maximum atomic E-state index is 12.6. The van der Waals surface area contributed by atoms with Crippen LogP contribution < -0.4 is 9.47 Å². The summed E-state index contributed by atoms with van der Waals surface area (Å²) in [6.45, 7) is 0. The van der Waals surface area contributed by atoms with Gasteiger partial charge in [-0.3, -0.25) is 4.79 Å². The first kappa shape index (κ1) is 14.6. The van der Waals surface area contributed by atoms with Gasteiger partial charge in [-0.2, -0.15) is 0 Å². The molecule has 0 aliphatic rings. The largest absolute Gasteiger partial charge is 0.497 e. The van der Waals surface area contributed by atoms with Gasteiger partial charge in [0.25, 0.3) is 0 Å². The molecule has 0 atom stereocenters. The number of benzene rings is 2. The van der Waals surface area contributed by atoms with Crippen molar-refractivity contribution < 1.29 is 24.2 Å². The van der Waals surface area contributed by atoms with Crippen molar-refractivity contribution in [3.05, 3.63) is 59.2 Å². The zero-order chi connectivity index (χ0) is 15.4. The molecule has 0 saturated heterocycles. The molecular formula is C16H14O5. The lowest BCUT2D eigenvalue weighted by Crippen LogP contribution is -2.10. The van der Waals surface area contributed by atoms with E-state index in [1.807, 2.05) is 0 Å². The molecule has 0 unspecified atom stereocenters. The molecule has 5 heteroatoms. The van der Waals surface area contributed by atoms with Crippen molar-refractivity contribution in [2.24, 2.45) is 0 Å². The number of ether oxygens (including phenoxy) is 2. The Kier molecular flexibility index (Phi) is 4.23. The van der Waals surface area contributed by atoms with Crippen molar-refractivity contribution >= 4 is 11.8 Å². The number of hydrogen-bond acceptors (Lipinski definition) is 4. The Balaban J connectivity index is 2.53. The molecule has 0 spiro atoms. The molecule has 0 aliphatic carbocycles. The molecule has 0 radical (unpaired) electrons. The number of rotatable bonds is 5. The summed E-state index contributed by atoms with van der Waals surface area (Å²) in [5, 5.41) is 9.17. The molecule has 0 heterocycles. The number of ketones is 1. The molecule has 2 aromatic rings. The fourth-order valence-corrected chi connectivity index (χ4v) is 2.00. The number of hydrogen-bond donors (Lipinski definition) is 1. The summed E-state index contributed by atoms with van der Waals surface area (Å²) in [7, 11) is 2.95. The van der Waals surface area contributed by atoms with E-state index >= 15 is 0 Å². The second kappa shape index (κ2) is 6.09. The maximum absolute atomic E-state index is 12.6. The van der Waals surface area contributed by atoms with Gasteiger partial charge < -0.3 is 14.6 Å². The molecule has 0 amide bonds. The summed E-state index contributed by atoms with van der Waals surface area (Å²) in [4.78, 5) is 23.8. The van der Waals surface area contributed by atoms with E-state index in [1.54, 1.807) is 30.3 Å². The van der Waals surface area contributed by atoms with Crippen molar-refractivity contribution in [3.8, 4) is 11.5 Å². The number of methoxy groups -OCH3 is 2. The van der Waals surface area contributed by atoms with Crippen LogP contribution >= 0.6 is 0 Å². The lowest BCUT2D eigenvalue weighted by atomic mass is 9.97. The first-order valence-electron chi connectivity index (χ1n) is 6.17. The predicted molar refractivity (Wildman–Crippen MR) is 76.4 cm³/mol. The van der Waals surface area contributed by atoms with Crippen molar-refractivity contribution in [2.45, 2.75) is 0 Å². The van der Waals surface area contributed by atoms with Gasteiger partial charge in [0.15, 0.2) is 5.78 Å². The van der Waals surface area contributed by atoms with E-state index in [0.29, 0.717) is 11.5 Å². The molecule has 0 aliphatic heterocycles. The highest BCUT2D eigenvalue weighted by atomic mass is 16.5. The molecular weight excluding hydrogens is 272 g/mol. The third kappa shape index (κ3) is 2.86. The summed E-state index contributed by atoms with van der Waals surface area (Å²) in [6.07, 6.45) is 0. The van der Waals surface area contributed by atoms with Gasteiger partial charge >= 0.3 is 5.97 Å². The quantitative estimate of drug-likeness (QED) is 0.855. The average Bonchev–Trinajstić information content (AvgIpc) is 2.53. The van der Waals surface area contributed by atoms with E-state index in [9.17, 15) is 9.59 Å². The molecule has 2 aromatic carbocycles. The molecule has 5 nitrogen and oxygen atoms in total. The summed E-state index contributed by atoms with van der Waals surface area (Å²) in [5.74, 6) is -0.673. The molecule has 2 rings (SSSR count). The fraction of sp³-hybridized carbons (Fsp3) is 0.125. The molecule has 0 saturated carbocycles. The van der Waals surface area contributed by atoms with Crippen LogP contribution in [0.15, 0.2) is 42.5 Å². The topological polar surface area (TPSA) is 72.8 Å². The zero-order valence-electron chi connectivity index (χ0n) is 11.6. The number of carbonyl (C=O) groups excluding carboxylic acids is 1. The summed E-state index contributed by atoms with van der Waals surface area (Å²) < 4.78 is 10.3. The second-order valence-electron chi connectivity index (χ2n) is 4.25. The number of carboxylic acid groups (broad SMARTS) is 1. The number of aromatic carboxylic acids is 1. The Morgan fingerprint density at radius 1 is 0.905 bits per heavy atom. The van der Waals surface area contributed by atoms with Gasteiger partial charge in [0, 0.05) is 11.6 Å². The Hall–Kier alpha value is -2.82. The van der Waals surface area contributed by atoms with Crippen LogP contribution in [0.25, 0.3) is 0 Å². The lowest BCUT2D eigenvalue weighted by molar-refractivity contribution is 0.0692. The Bertz CT molecular complexity index is 691. The summed E-state index contributed by atoms with van der Waals surface area (Å²) >= 11 is 0. The van der Waals surface area contributed by atoms with Crippen LogP contribution in [0.2, 0.25) is 0 Å². The predicted octanol–water partition coefficient (Wildman–Crippen LogP) is 2.63. The lowest BCUT2D eigenvalue weighted by Gasteiger charge is -2.11. The number of carbonyl (C=O) groups is 2. The fourth-order valence-electron chi connectivity index (χ4n) is 2.00. The van der Waals surface area contributed by atoms with E-state index in [0.717, 1.165) is 0 Å². The monoisotopic (exact) mass is 286 g/mol. The van der Waals surface area contributed by atoms with Crippen molar-refractivity contribution in [1.29, 1.82) is 0 Å². The third-order valence-electron chi connectivity index (χ3n) is 3.06. The summed E-state index contributed by atoms with van der Waals surface area (Å²) in [6, 6.07) is 10.8. The standard InChI is InChI=1S/C16H14O5/c1-20-10-7-8-13(14(9-10)21-2)15(17)11-5-3-4-6-12(11)16(18)19/h3-9H,1-2H3,(H,18,19). The number of carboxylic acids is 1. The smallest absolute Gasteiger partial charge is 0.336 e. The van der Waals surface area contributed by atoms with Crippen LogP contribution in [0.5, 0.6) is 11.5 Å². The molecule has 21 heavy (non-hydrogen) atoms. The molecule has 0 aromatic heterocycles. The molecule has 0 bridgehead atoms. The highest BCUT2D eigenvalue weighted by Crippen LogP contribution is 2.27. The van der Waals surface area contributed by atoms with Crippen LogP contribution in [0, 0.1) is 0 Å². The van der Waals surface area contributed by atoms with Crippen LogP contribution in [-0.2, 0) is 0 Å². The van der Waals surface area contributed by atoms with Gasteiger partial charge in [0.2, 0.25) is 0 Å². The highest BCUT2D eigenvalue weighted by molar-refractivity contribution is 6.15. The average molecular weight is 286 g/mol.